The van der Waals surface area contributed by atoms with Gasteiger partial charge in [0.1, 0.15) is 11.9 Å². The van der Waals surface area contributed by atoms with E-state index in [2.05, 4.69) is 10.6 Å². The molecule has 2 N–H and O–H groups in total. The molecule has 1 amide bonds. The predicted octanol–water partition coefficient (Wildman–Crippen LogP) is 3.14. The van der Waals surface area contributed by atoms with Gasteiger partial charge in [0.2, 0.25) is 5.91 Å². The van der Waals surface area contributed by atoms with E-state index in [0.29, 0.717) is 36.0 Å². The fraction of sp³-hybridized carbons (Fsp3) is 0.611. The van der Waals surface area contributed by atoms with Crippen LogP contribution < -0.4 is 15.4 Å². The van der Waals surface area contributed by atoms with Crippen LogP contribution >= 0.6 is 11.6 Å². The van der Waals surface area contributed by atoms with E-state index in [9.17, 15) is 4.79 Å². The molecule has 3 atom stereocenters. The summed E-state index contributed by atoms with van der Waals surface area (Å²) in [5, 5.41) is 7.26. The lowest BCUT2D eigenvalue weighted by atomic mass is 9.89. The Hall–Kier alpha value is -1.26. The highest BCUT2D eigenvalue weighted by Gasteiger charge is 2.34. The molecule has 2 fully saturated rings. The fourth-order valence-electron chi connectivity index (χ4n) is 3.75. The highest BCUT2D eigenvalue weighted by atomic mass is 35.5. The van der Waals surface area contributed by atoms with Crippen LogP contribution in [0.3, 0.4) is 0 Å². The molecule has 3 unspecified atom stereocenters. The fourth-order valence-corrected chi connectivity index (χ4v) is 3.93. The van der Waals surface area contributed by atoms with Crippen molar-refractivity contribution in [2.45, 2.75) is 57.2 Å². The van der Waals surface area contributed by atoms with Crippen molar-refractivity contribution in [2.75, 3.05) is 6.54 Å². The van der Waals surface area contributed by atoms with E-state index in [4.69, 9.17) is 16.3 Å². The van der Waals surface area contributed by atoms with E-state index < -0.39 is 0 Å². The molecule has 2 heterocycles. The number of piperidine rings is 1. The summed E-state index contributed by atoms with van der Waals surface area (Å²) in [5.41, 5.74) is 0. The van der Waals surface area contributed by atoms with Crippen molar-refractivity contribution in [2.24, 2.45) is 5.92 Å². The van der Waals surface area contributed by atoms with Gasteiger partial charge in [0.05, 0.1) is 6.54 Å². The van der Waals surface area contributed by atoms with Crippen molar-refractivity contribution in [3.05, 3.63) is 29.3 Å². The molecule has 0 aliphatic carbocycles. The Labute approximate surface area is 142 Å². The molecule has 1 aromatic rings. The van der Waals surface area contributed by atoms with Gasteiger partial charge in [0.15, 0.2) is 0 Å². The summed E-state index contributed by atoms with van der Waals surface area (Å²) in [6.45, 7) is 2.47. The minimum atomic E-state index is -0.0818. The maximum absolute atomic E-state index is 12.1. The van der Waals surface area contributed by atoms with Crippen LogP contribution in [0.25, 0.3) is 0 Å². The summed E-state index contributed by atoms with van der Waals surface area (Å²) in [6.07, 6.45) is 5.37. The van der Waals surface area contributed by atoms with E-state index in [1.165, 1.54) is 12.8 Å². The number of carbonyl (C=O) groups is 1. The topological polar surface area (TPSA) is 50.4 Å². The third-order valence-electron chi connectivity index (χ3n) is 4.76. The van der Waals surface area contributed by atoms with E-state index >= 15 is 0 Å². The summed E-state index contributed by atoms with van der Waals surface area (Å²) in [7, 11) is 0. The second kappa shape index (κ2) is 7.54. The molecule has 0 saturated carbocycles. The number of carbonyl (C=O) groups excluding carboxylic acids is 1. The molecule has 5 heteroatoms. The first-order valence-electron chi connectivity index (χ1n) is 8.53. The van der Waals surface area contributed by atoms with Crippen molar-refractivity contribution in [1.82, 2.24) is 10.6 Å². The van der Waals surface area contributed by atoms with Gasteiger partial charge in [-0.3, -0.25) is 4.79 Å². The number of ether oxygens (including phenoxy) is 1. The lowest BCUT2D eigenvalue weighted by Gasteiger charge is -2.28. The Balaban J connectivity index is 1.38. The first-order valence-corrected chi connectivity index (χ1v) is 8.91. The van der Waals surface area contributed by atoms with Crippen LogP contribution in [0.5, 0.6) is 5.75 Å². The molecule has 126 valence electrons. The Morgan fingerprint density at radius 2 is 2.13 bits per heavy atom. The summed E-state index contributed by atoms with van der Waals surface area (Å²) >= 11 is 5.94. The molecule has 0 spiro atoms. The largest absolute Gasteiger partial charge is 0.489 e. The van der Waals surface area contributed by atoms with Gasteiger partial charge >= 0.3 is 0 Å². The monoisotopic (exact) mass is 336 g/mol. The Morgan fingerprint density at radius 1 is 1.39 bits per heavy atom. The predicted molar refractivity (Wildman–Crippen MR) is 91.8 cm³/mol. The zero-order valence-electron chi connectivity index (χ0n) is 13.6. The van der Waals surface area contributed by atoms with E-state index in [0.717, 1.165) is 18.6 Å². The van der Waals surface area contributed by atoms with Crippen molar-refractivity contribution < 1.29 is 9.53 Å². The standard InChI is InChI=1S/C18H25ClN2O2/c1-12(23-17-4-2-3-14(19)10-17)11-20-18(22)9-13-7-15-5-6-16(8-13)21-15/h2-4,10,12-13,15-16,21H,5-9,11H2,1H3,(H,20,22). The van der Waals surface area contributed by atoms with Gasteiger partial charge in [-0.15, -0.1) is 0 Å². The lowest BCUT2D eigenvalue weighted by molar-refractivity contribution is -0.122. The zero-order valence-corrected chi connectivity index (χ0v) is 14.3. The first kappa shape index (κ1) is 16.6. The zero-order chi connectivity index (χ0) is 16.2. The van der Waals surface area contributed by atoms with Crippen LogP contribution in [0.1, 0.15) is 39.0 Å². The number of hydrogen-bond donors (Lipinski definition) is 2. The van der Waals surface area contributed by atoms with Gasteiger partial charge in [-0.1, -0.05) is 17.7 Å². The highest BCUT2D eigenvalue weighted by Crippen LogP contribution is 2.32. The van der Waals surface area contributed by atoms with E-state index in [-0.39, 0.29) is 12.0 Å². The van der Waals surface area contributed by atoms with Crippen molar-refractivity contribution in [1.29, 1.82) is 0 Å². The molecule has 23 heavy (non-hydrogen) atoms. The average molecular weight is 337 g/mol. The molecule has 4 nitrogen and oxygen atoms in total. The third kappa shape index (κ3) is 4.85. The Morgan fingerprint density at radius 3 is 2.83 bits per heavy atom. The number of fused-ring (bicyclic) bond motifs is 2. The highest BCUT2D eigenvalue weighted by molar-refractivity contribution is 6.30. The molecule has 0 aromatic heterocycles. The normalized spacial score (nSPS) is 27.5. The summed E-state index contributed by atoms with van der Waals surface area (Å²) < 4.78 is 5.77. The van der Waals surface area contributed by atoms with Crippen molar-refractivity contribution in [3.8, 4) is 5.75 Å². The van der Waals surface area contributed by atoms with Crippen LogP contribution in [-0.2, 0) is 4.79 Å². The number of benzene rings is 1. The van der Waals surface area contributed by atoms with Gasteiger partial charge in [0, 0.05) is 23.5 Å². The number of nitrogens with one attached hydrogen (secondary N) is 2. The second-order valence-corrected chi connectivity index (χ2v) is 7.31. The van der Waals surface area contributed by atoms with Crippen LogP contribution in [0.4, 0.5) is 0 Å². The van der Waals surface area contributed by atoms with Gasteiger partial charge in [-0.25, -0.2) is 0 Å². The smallest absolute Gasteiger partial charge is 0.220 e. The van der Waals surface area contributed by atoms with Crippen LogP contribution in [0.15, 0.2) is 24.3 Å². The van der Waals surface area contributed by atoms with Gasteiger partial charge in [-0.05, 0) is 56.7 Å². The maximum Gasteiger partial charge on any atom is 0.220 e. The summed E-state index contributed by atoms with van der Waals surface area (Å²) in [5.74, 6) is 1.39. The molecular formula is C18H25ClN2O2. The van der Waals surface area contributed by atoms with Gasteiger partial charge in [-0.2, -0.15) is 0 Å². The van der Waals surface area contributed by atoms with Crippen LogP contribution in [0, 0.1) is 5.92 Å². The summed E-state index contributed by atoms with van der Waals surface area (Å²) in [6, 6.07) is 8.59. The van der Waals surface area contributed by atoms with Crippen LogP contribution in [-0.4, -0.2) is 30.6 Å². The molecule has 2 aliphatic rings. The molecular weight excluding hydrogens is 312 g/mol. The molecule has 2 aliphatic heterocycles. The number of halogens is 1. The van der Waals surface area contributed by atoms with Gasteiger partial charge in [0.25, 0.3) is 0 Å². The SMILES string of the molecule is CC(CNC(=O)CC1CC2CCC(C1)N2)Oc1cccc(Cl)c1. The minimum Gasteiger partial charge on any atom is -0.489 e. The van der Waals surface area contributed by atoms with E-state index in [1.807, 2.05) is 25.1 Å². The third-order valence-corrected chi connectivity index (χ3v) is 5.00. The summed E-state index contributed by atoms with van der Waals surface area (Å²) in [4.78, 5) is 12.1. The Kier molecular flexibility index (Phi) is 5.44. The number of rotatable bonds is 6. The molecule has 1 aromatic carbocycles. The molecule has 0 radical (unpaired) electrons. The van der Waals surface area contributed by atoms with Gasteiger partial charge < -0.3 is 15.4 Å². The Bertz CT molecular complexity index is 540. The lowest BCUT2D eigenvalue weighted by Crippen LogP contribution is -2.40. The van der Waals surface area contributed by atoms with Crippen molar-refractivity contribution >= 4 is 17.5 Å². The second-order valence-electron chi connectivity index (χ2n) is 6.87. The van der Waals surface area contributed by atoms with Crippen molar-refractivity contribution in [3.63, 3.8) is 0 Å². The number of amides is 1. The first-order chi connectivity index (χ1) is 11.1. The number of hydrogen-bond acceptors (Lipinski definition) is 3. The molecule has 3 rings (SSSR count). The van der Waals surface area contributed by atoms with E-state index in [1.54, 1.807) is 6.07 Å². The average Bonchev–Trinajstić information content (AvgIpc) is 2.84. The van der Waals surface area contributed by atoms with Crippen LogP contribution in [0.2, 0.25) is 5.02 Å². The maximum atomic E-state index is 12.1. The quantitative estimate of drug-likeness (QED) is 0.839. The minimum absolute atomic E-state index is 0.0818. The molecule has 2 bridgehead atoms. The molecule has 2 saturated heterocycles.